The minimum absolute atomic E-state index is 0.0391. The predicted octanol–water partition coefficient (Wildman–Crippen LogP) is 1.47. The maximum atomic E-state index is 11.8. The Hall–Kier alpha value is -1.59. The summed E-state index contributed by atoms with van der Waals surface area (Å²) in [5.74, 6) is 0.678. The van der Waals surface area contributed by atoms with Crippen LogP contribution in [0.3, 0.4) is 0 Å². The van der Waals surface area contributed by atoms with E-state index >= 15 is 0 Å². The summed E-state index contributed by atoms with van der Waals surface area (Å²) in [5.41, 5.74) is 1.17. The average molecular weight is 292 g/mol. The zero-order valence-electron chi connectivity index (χ0n) is 12.7. The van der Waals surface area contributed by atoms with Gasteiger partial charge in [-0.25, -0.2) is 0 Å². The molecule has 5 heteroatoms. The molecule has 1 unspecified atom stereocenters. The first-order chi connectivity index (χ1) is 10.2. The van der Waals surface area contributed by atoms with Gasteiger partial charge in [-0.1, -0.05) is 12.1 Å². The van der Waals surface area contributed by atoms with Crippen LogP contribution in [0.15, 0.2) is 24.3 Å². The van der Waals surface area contributed by atoms with Gasteiger partial charge in [-0.3, -0.25) is 4.79 Å². The number of hydrogen-bond acceptors (Lipinski definition) is 4. The van der Waals surface area contributed by atoms with Crippen LogP contribution in [0.1, 0.15) is 25.3 Å². The van der Waals surface area contributed by atoms with Crippen molar-refractivity contribution in [3.05, 3.63) is 29.8 Å². The Labute approximate surface area is 126 Å². The second kappa shape index (κ2) is 8.00. The molecule has 0 radical (unpaired) electrons. The lowest BCUT2D eigenvalue weighted by Gasteiger charge is -2.14. The number of methoxy groups -OCH3 is 1. The van der Waals surface area contributed by atoms with E-state index in [1.54, 1.807) is 14.0 Å². The molecule has 1 aliphatic carbocycles. The SMILES string of the molecule is COCCNCc1ccc(OC(C)C(=O)NC2CC2)cc1. The summed E-state index contributed by atoms with van der Waals surface area (Å²) in [7, 11) is 1.69. The summed E-state index contributed by atoms with van der Waals surface area (Å²) in [5, 5.41) is 6.22. The summed E-state index contributed by atoms with van der Waals surface area (Å²) in [4.78, 5) is 11.8. The van der Waals surface area contributed by atoms with E-state index < -0.39 is 6.10 Å². The van der Waals surface area contributed by atoms with E-state index in [4.69, 9.17) is 9.47 Å². The van der Waals surface area contributed by atoms with E-state index in [1.165, 1.54) is 5.56 Å². The molecular formula is C16H24N2O3. The van der Waals surface area contributed by atoms with Crippen LogP contribution in [0.2, 0.25) is 0 Å². The third-order valence-corrected chi connectivity index (χ3v) is 3.34. The van der Waals surface area contributed by atoms with Gasteiger partial charge < -0.3 is 20.1 Å². The summed E-state index contributed by atoms with van der Waals surface area (Å²) < 4.78 is 10.6. The smallest absolute Gasteiger partial charge is 0.260 e. The molecule has 0 heterocycles. The predicted molar refractivity (Wildman–Crippen MR) is 81.3 cm³/mol. The second-order valence-corrected chi connectivity index (χ2v) is 5.36. The highest BCUT2D eigenvalue weighted by Gasteiger charge is 2.26. The van der Waals surface area contributed by atoms with Gasteiger partial charge in [0.1, 0.15) is 5.75 Å². The van der Waals surface area contributed by atoms with Crippen LogP contribution in [0.4, 0.5) is 0 Å². The minimum atomic E-state index is -0.462. The van der Waals surface area contributed by atoms with Crippen molar-refractivity contribution >= 4 is 5.91 Å². The van der Waals surface area contributed by atoms with E-state index in [9.17, 15) is 4.79 Å². The highest BCUT2D eigenvalue weighted by Crippen LogP contribution is 2.19. The molecule has 0 aliphatic heterocycles. The largest absolute Gasteiger partial charge is 0.481 e. The maximum absolute atomic E-state index is 11.8. The Balaban J connectivity index is 1.74. The first-order valence-electron chi connectivity index (χ1n) is 7.44. The van der Waals surface area contributed by atoms with Crippen LogP contribution in [0.5, 0.6) is 5.75 Å². The standard InChI is InChI=1S/C16H24N2O3/c1-12(16(19)18-14-5-6-14)21-15-7-3-13(4-8-15)11-17-9-10-20-2/h3-4,7-8,12,14,17H,5-6,9-11H2,1-2H3,(H,18,19). The van der Waals surface area contributed by atoms with Crippen LogP contribution < -0.4 is 15.4 Å². The molecule has 1 aromatic carbocycles. The Morgan fingerprint density at radius 1 is 1.33 bits per heavy atom. The van der Waals surface area contributed by atoms with Gasteiger partial charge in [-0.2, -0.15) is 0 Å². The molecule has 2 N–H and O–H groups in total. The minimum Gasteiger partial charge on any atom is -0.481 e. The van der Waals surface area contributed by atoms with Crippen molar-refractivity contribution in [2.75, 3.05) is 20.3 Å². The van der Waals surface area contributed by atoms with Gasteiger partial charge in [0.05, 0.1) is 6.61 Å². The number of ether oxygens (including phenoxy) is 2. The molecule has 21 heavy (non-hydrogen) atoms. The Bertz CT molecular complexity index is 443. The highest BCUT2D eigenvalue weighted by molar-refractivity contribution is 5.81. The molecule has 2 rings (SSSR count). The third-order valence-electron chi connectivity index (χ3n) is 3.34. The first-order valence-corrected chi connectivity index (χ1v) is 7.44. The number of amides is 1. The molecule has 5 nitrogen and oxygen atoms in total. The molecule has 1 atom stereocenters. The van der Waals surface area contributed by atoms with Crippen molar-refractivity contribution in [3.63, 3.8) is 0 Å². The van der Waals surface area contributed by atoms with Crippen LogP contribution in [-0.2, 0) is 16.1 Å². The zero-order valence-corrected chi connectivity index (χ0v) is 12.7. The van der Waals surface area contributed by atoms with Crippen molar-refractivity contribution in [2.24, 2.45) is 0 Å². The normalized spacial score (nSPS) is 15.5. The second-order valence-electron chi connectivity index (χ2n) is 5.36. The molecule has 0 spiro atoms. The summed E-state index contributed by atoms with van der Waals surface area (Å²) in [6.45, 7) is 4.10. The fourth-order valence-corrected chi connectivity index (χ4v) is 1.90. The Morgan fingerprint density at radius 2 is 2.05 bits per heavy atom. The Morgan fingerprint density at radius 3 is 2.67 bits per heavy atom. The van der Waals surface area contributed by atoms with Crippen molar-refractivity contribution < 1.29 is 14.3 Å². The summed E-state index contributed by atoms with van der Waals surface area (Å²) in [6.07, 6.45) is 1.71. The monoisotopic (exact) mass is 292 g/mol. The van der Waals surface area contributed by atoms with Gasteiger partial charge >= 0.3 is 0 Å². The molecule has 1 amide bonds. The Kier molecular flexibility index (Phi) is 6.02. The molecule has 0 bridgehead atoms. The first kappa shape index (κ1) is 15.8. The van der Waals surface area contributed by atoms with E-state index in [-0.39, 0.29) is 5.91 Å². The zero-order chi connectivity index (χ0) is 15.1. The number of carbonyl (C=O) groups excluding carboxylic acids is 1. The van der Waals surface area contributed by atoms with Crippen molar-refractivity contribution in [3.8, 4) is 5.75 Å². The fraction of sp³-hybridized carbons (Fsp3) is 0.562. The highest BCUT2D eigenvalue weighted by atomic mass is 16.5. The lowest BCUT2D eigenvalue weighted by Crippen LogP contribution is -2.37. The van der Waals surface area contributed by atoms with Crippen LogP contribution in [-0.4, -0.2) is 38.3 Å². The molecule has 1 fully saturated rings. The van der Waals surface area contributed by atoms with Gasteiger partial charge in [0.15, 0.2) is 6.10 Å². The van der Waals surface area contributed by atoms with Crippen molar-refractivity contribution in [1.82, 2.24) is 10.6 Å². The molecule has 1 aromatic rings. The molecule has 1 aliphatic rings. The van der Waals surface area contributed by atoms with Crippen molar-refractivity contribution in [1.29, 1.82) is 0 Å². The van der Waals surface area contributed by atoms with Crippen molar-refractivity contribution in [2.45, 2.75) is 38.5 Å². The molecule has 0 aromatic heterocycles. The molecular weight excluding hydrogens is 268 g/mol. The number of hydrogen-bond donors (Lipinski definition) is 2. The van der Waals surface area contributed by atoms with Gasteiger partial charge in [0.25, 0.3) is 5.91 Å². The van der Waals surface area contributed by atoms with Crippen LogP contribution in [0, 0.1) is 0 Å². The summed E-state index contributed by atoms with van der Waals surface area (Å²) in [6, 6.07) is 8.16. The maximum Gasteiger partial charge on any atom is 0.260 e. The number of nitrogens with one attached hydrogen (secondary N) is 2. The number of benzene rings is 1. The van der Waals surface area contributed by atoms with E-state index in [2.05, 4.69) is 10.6 Å². The van der Waals surface area contributed by atoms with E-state index in [0.29, 0.717) is 18.4 Å². The molecule has 0 saturated heterocycles. The lowest BCUT2D eigenvalue weighted by atomic mass is 10.2. The molecule has 1 saturated carbocycles. The molecule has 116 valence electrons. The van der Waals surface area contributed by atoms with Crippen LogP contribution in [0.25, 0.3) is 0 Å². The lowest BCUT2D eigenvalue weighted by molar-refractivity contribution is -0.127. The van der Waals surface area contributed by atoms with Gasteiger partial charge in [0, 0.05) is 26.2 Å². The van der Waals surface area contributed by atoms with Gasteiger partial charge in [-0.05, 0) is 37.5 Å². The van der Waals surface area contributed by atoms with Gasteiger partial charge in [0.2, 0.25) is 0 Å². The average Bonchev–Trinajstić information content (AvgIpc) is 3.29. The van der Waals surface area contributed by atoms with E-state index in [0.717, 1.165) is 25.9 Å². The number of carbonyl (C=O) groups is 1. The van der Waals surface area contributed by atoms with Crippen LogP contribution >= 0.6 is 0 Å². The third kappa shape index (κ3) is 5.73. The topological polar surface area (TPSA) is 59.6 Å². The summed E-state index contributed by atoms with van der Waals surface area (Å²) >= 11 is 0. The number of rotatable bonds is 9. The quantitative estimate of drug-likeness (QED) is 0.677. The van der Waals surface area contributed by atoms with E-state index in [1.807, 2.05) is 24.3 Å². The fourth-order valence-electron chi connectivity index (χ4n) is 1.90. The van der Waals surface area contributed by atoms with Gasteiger partial charge in [-0.15, -0.1) is 0 Å².